The van der Waals surface area contributed by atoms with Crippen LogP contribution in [0, 0.1) is 0 Å². The molecule has 35 heavy (non-hydrogen) atoms. The number of nitrogens with zero attached hydrogens (tertiary/aromatic N) is 3. The Bertz CT molecular complexity index is 1180. The Balaban J connectivity index is 0.00000216. The number of hydrogen-bond acceptors (Lipinski definition) is 6. The summed E-state index contributed by atoms with van der Waals surface area (Å²) < 4.78 is 5.61. The van der Waals surface area contributed by atoms with Crippen molar-refractivity contribution in [3.8, 4) is 0 Å². The van der Waals surface area contributed by atoms with Gasteiger partial charge in [-0.3, -0.25) is 0 Å². The minimum absolute atomic E-state index is 0. The largest absolute Gasteiger partial charge is 0.461 e. The Labute approximate surface area is 237 Å². The lowest BCUT2D eigenvalue weighted by atomic mass is 9.94. The smallest absolute Gasteiger partial charge is 0.338 e. The highest BCUT2D eigenvalue weighted by Gasteiger charge is 2.40. The van der Waals surface area contributed by atoms with Gasteiger partial charge in [-0.1, -0.05) is 59.1 Å². The molecule has 11 heteroatoms. The molecule has 2 aliphatic rings. The zero-order valence-electron chi connectivity index (χ0n) is 19.1. The molecule has 4 rings (SSSR count). The van der Waals surface area contributed by atoms with Crippen LogP contribution in [0.25, 0.3) is 4.91 Å². The van der Waals surface area contributed by atoms with Crippen molar-refractivity contribution < 1.29 is 9.53 Å². The molecule has 1 atom stereocenters. The molecule has 0 bridgehead atoms. The van der Waals surface area contributed by atoms with E-state index in [-0.39, 0.29) is 31.4 Å². The lowest BCUT2D eigenvalue weighted by molar-refractivity contribution is -0.140. The van der Waals surface area contributed by atoms with Crippen LogP contribution in [0.2, 0.25) is 15.1 Å². The molecule has 2 aromatic rings. The van der Waals surface area contributed by atoms with Crippen LogP contribution in [0.3, 0.4) is 0 Å². The third-order valence-electron chi connectivity index (χ3n) is 5.28. The van der Waals surface area contributed by atoms with Crippen LogP contribution in [0.1, 0.15) is 24.1 Å². The van der Waals surface area contributed by atoms with Crippen LogP contribution in [0.15, 0.2) is 64.9 Å². The van der Waals surface area contributed by atoms with Gasteiger partial charge >= 0.3 is 5.97 Å². The van der Waals surface area contributed by atoms with Crippen molar-refractivity contribution in [3.05, 3.63) is 86.1 Å². The van der Waals surface area contributed by atoms with E-state index in [0.29, 0.717) is 38.1 Å². The molecule has 0 radical (unpaired) electrons. The van der Waals surface area contributed by atoms with E-state index < -0.39 is 12.0 Å². The number of carbonyl (C=O) groups is 1. The standard InChI is InChI=1S/C24H22Cl3N3O2S.2ClH/c1-14-20(23(31)32-12-11-29(2)3)22(15-7-4-5-8-16(15)25)30-13-19(33-24(30)28-14)21-17(26)9-6-10-18(21)27;;/h4-10,13,22H,11-12H2,1-3H3;2*1H. The molecule has 0 aliphatic carbocycles. The zero-order chi connectivity index (χ0) is 23.7. The van der Waals surface area contributed by atoms with E-state index in [1.807, 2.05) is 61.3 Å². The first-order valence-electron chi connectivity index (χ1n) is 10.3. The Morgan fingerprint density at radius 1 is 1.06 bits per heavy atom. The predicted molar refractivity (Wildman–Crippen MR) is 152 cm³/mol. The number of halogens is 5. The SMILES string of the molecule is CC1=C(C(=O)OCCN(C)C)C(c2ccccc2Cl)N2C=C(c3c(Cl)cccc3Cl)SC2=N1.Cl.Cl. The summed E-state index contributed by atoms with van der Waals surface area (Å²) in [6.45, 7) is 2.72. The van der Waals surface area contributed by atoms with Crippen LogP contribution in [0.4, 0.5) is 0 Å². The molecule has 0 saturated carbocycles. The van der Waals surface area contributed by atoms with Gasteiger partial charge in [0.05, 0.1) is 27.4 Å². The van der Waals surface area contributed by atoms with Crippen LogP contribution in [-0.4, -0.2) is 48.2 Å². The van der Waals surface area contributed by atoms with Gasteiger partial charge in [-0.25, -0.2) is 9.79 Å². The summed E-state index contributed by atoms with van der Waals surface area (Å²) in [4.78, 5) is 22.7. The Kier molecular flexibility index (Phi) is 10.9. The van der Waals surface area contributed by atoms with Crippen molar-refractivity contribution in [1.82, 2.24) is 9.80 Å². The number of hydrogen-bond donors (Lipinski definition) is 0. The van der Waals surface area contributed by atoms with Gasteiger partial charge in [0.2, 0.25) is 0 Å². The lowest BCUT2D eigenvalue weighted by Gasteiger charge is -2.33. The topological polar surface area (TPSA) is 45.1 Å². The van der Waals surface area contributed by atoms with Gasteiger partial charge in [-0.2, -0.15) is 0 Å². The second kappa shape index (κ2) is 12.7. The molecule has 0 spiro atoms. The van der Waals surface area contributed by atoms with Crippen LogP contribution < -0.4 is 0 Å². The molecule has 0 aromatic heterocycles. The highest BCUT2D eigenvalue weighted by Crippen LogP contribution is 2.49. The molecule has 5 nitrogen and oxygen atoms in total. The molecule has 1 unspecified atom stereocenters. The summed E-state index contributed by atoms with van der Waals surface area (Å²) in [6.07, 6.45) is 1.92. The van der Waals surface area contributed by atoms with Crippen LogP contribution in [-0.2, 0) is 9.53 Å². The molecule has 0 amide bonds. The van der Waals surface area contributed by atoms with Crippen molar-refractivity contribution in [2.75, 3.05) is 27.2 Å². The molecule has 0 N–H and O–H groups in total. The number of esters is 1. The summed E-state index contributed by atoms with van der Waals surface area (Å²) in [5, 5.41) is 2.36. The molecule has 188 valence electrons. The van der Waals surface area contributed by atoms with E-state index >= 15 is 0 Å². The Hall–Kier alpha value is -1.38. The van der Waals surface area contributed by atoms with Gasteiger partial charge in [-0.15, -0.1) is 24.8 Å². The van der Waals surface area contributed by atoms with Crippen molar-refractivity contribution in [3.63, 3.8) is 0 Å². The second-order valence-electron chi connectivity index (χ2n) is 7.86. The highest BCUT2D eigenvalue weighted by atomic mass is 35.5. The van der Waals surface area contributed by atoms with Gasteiger partial charge in [-0.05, 0) is 56.5 Å². The normalized spacial score (nSPS) is 16.8. The van der Waals surface area contributed by atoms with E-state index in [0.717, 1.165) is 16.0 Å². The lowest BCUT2D eigenvalue weighted by Crippen LogP contribution is -2.34. The number of fused-ring (bicyclic) bond motifs is 1. The van der Waals surface area contributed by atoms with E-state index in [2.05, 4.69) is 0 Å². The fourth-order valence-corrected chi connectivity index (χ4v) is 5.76. The quantitative estimate of drug-likeness (QED) is 0.327. The van der Waals surface area contributed by atoms with E-state index in [9.17, 15) is 4.79 Å². The highest BCUT2D eigenvalue weighted by molar-refractivity contribution is 8.22. The van der Waals surface area contributed by atoms with Crippen molar-refractivity contribution in [2.45, 2.75) is 13.0 Å². The predicted octanol–water partition coefficient (Wildman–Crippen LogP) is 7.33. The van der Waals surface area contributed by atoms with Gasteiger partial charge in [0.15, 0.2) is 5.17 Å². The number of aliphatic imine (C=N–C) groups is 1. The first-order valence-corrected chi connectivity index (χ1v) is 12.2. The summed E-state index contributed by atoms with van der Waals surface area (Å²) in [5.41, 5.74) is 2.56. The monoisotopic (exact) mass is 593 g/mol. The summed E-state index contributed by atoms with van der Waals surface area (Å²) in [6, 6.07) is 12.4. The number of amidine groups is 1. The number of ether oxygens (including phenoxy) is 1. The van der Waals surface area contributed by atoms with Crippen molar-refractivity contribution in [2.24, 2.45) is 4.99 Å². The maximum absolute atomic E-state index is 13.2. The van der Waals surface area contributed by atoms with E-state index in [4.69, 9.17) is 44.5 Å². The molecule has 0 saturated heterocycles. The Morgan fingerprint density at radius 2 is 1.69 bits per heavy atom. The number of thioether (sulfide) groups is 1. The number of benzene rings is 2. The molecule has 2 aromatic carbocycles. The molecule has 0 fully saturated rings. The van der Waals surface area contributed by atoms with Gasteiger partial charge < -0.3 is 14.5 Å². The fraction of sp³-hybridized carbons (Fsp3) is 0.250. The zero-order valence-corrected chi connectivity index (χ0v) is 23.8. The van der Waals surface area contributed by atoms with E-state index in [1.165, 1.54) is 11.8 Å². The van der Waals surface area contributed by atoms with E-state index in [1.54, 1.807) is 18.2 Å². The minimum Gasteiger partial charge on any atom is -0.461 e. The molecule has 2 heterocycles. The molecular formula is C24H24Cl5N3O2S. The maximum Gasteiger partial charge on any atom is 0.338 e. The first kappa shape index (κ1) is 29.8. The van der Waals surface area contributed by atoms with Crippen molar-refractivity contribution in [1.29, 1.82) is 0 Å². The molecular weight excluding hydrogens is 572 g/mol. The molecule has 2 aliphatic heterocycles. The van der Waals surface area contributed by atoms with Crippen molar-refractivity contribution >= 4 is 87.4 Å². The first-order chi connectivity index (χ1) is 15.8. The second-order valence-corrected chi connectivity index (χ2v) is 10.1. The van der Waals surface area contributed by atoms with Crippen LogP contribution in [0.5, 0.6) is 0 Å². The average molecular weight is 596 g/mol. The number of carbonyl (C=O) groups excluding carboxylic acids is 1. The van der Waals surface area contributed by atoms with Gasteiger partial charge in [0.1, 0.15) is 6.61 Å². The average Bonchev–Trinajstić information content (AvgIpc) is 3.15. The minimum atomic E-state index is -0.496. The van der Waals surface area contributed by atoms with Gasteiger partial charge in [0, 0.05) is 28.2 Å². The maximum atomic E-state index is 13.2. The summed E-state index contributed by atoms with van der Waals surface area (Å²) in [7, 11) is 3.85. The number of likely N-dealkylation sites (N-methyl/N-ethyl adjacent to an activating group) is 1. The summed E-state index contributed by atoms with van der Waals surface area (Å²) in [5.74, 6) is -0.412. The Morgan fingerprint density at radius 3 is 2.31 bits per heavy atom. The fourth-order valence-electron chi connectivity index (χ4n) is 3.67. The third-order valence-corrected chi connectivity index (χ3v) is 7.27. The number of allylic oxidation sites excluding steroid dienone is 1. The third kappa shape index (κ3) is 6.31. The van der Waals surface area contributed by atoms with Crippen LogP contribution >= 0.6 is 71.4 Å². The summed E-state index contributed by atoms with van der Waals surface area (Å²) >= 11 is 21.0. The number of rotatable bonds is 6. The van der Waals surface area contributed by atoms with Gasteiger partial charge in [0.25, 0.3) is 0 Å².